The molecule has 2 N–H and O–H groups in total. The zero-order valence-corrected chi connectivity index (χ0v) is 18.8. The van der Waals surface area contributed by atoms with Gasteiger partial charge in [0.15, 0.2) is 5.76 Å². The average molecular weight is 496 g/mol. The topological polar surface area (TPSA) is 114 Å². The van der Waals surface area contributed by atoms with Crippen LogP contribution >= 0.6 is 23.2 Å². The Kier molecular flexibility index (Phi) is 6.62. The van der Waals surface area contributed by atoms with E-state index in [-0.39, 0.29) is 22.0 Å². The Balaban J connectivity index is 1.46. The fraction of sp³-hybridized carbons (Fsp3) is 0. The molecule has 34 heavy (non-hydrogen) atoms. The summed E-state index contributed by atoms with van der Waals surface area (Å²) in [5.74, 6) is -0.628. The van der Waals surface area contributed by atoms with Crippen LogP contribution in [0.5, 0.6) is 0 Å². The lowest BCUT2D eigenvalue weighted by molar-refractivity contribution is -0.384. The Morgan fingerprint density at radius 1 is 0.824 bits per heavy atom. The standard InChI is InChI=1S/C24H15Cl2N3O5/c25-15-7-8-19(20(26)12-15)23(30)27-16-4-2-5-17(13-16)28-24(31)22-10-9-21(34-22)14-3-1-6-18(11-14)29(32)33/h1-13H,(H,27,30)(H,28,31). The first-order chi connectivity index (χ1) is 16.3. The van der Waals surface area contributed by atoms with E-state index in [0.29, 0.717) is 27.7 Å². The third-order valence-electron chi connectivity index (χ3n) is 4.73. The van der Waals surface area contributed by atoms with Gasteiger partial charge in [-0.25, -0.2) is 0 Å². The van der Waals surface area contributed by atoms with Crippen LogP contribution in [-0.2, 0) is 0 Å². The van der Waals surface area contributed by atoms with Crippen LogP contribution in [0.25, 0.3) is 11.3 Å². The van der Waals surface area contributed by atoms with Gasteiger partial charge in [0.05, 0.1) is 15.5 Å². The van der Waals surface area contributed by atoms with Gasteiger partial charge < -0.3 is 15.1 Å². The zero-order chi connectivity index (χ0) is 24.2. The van der Waals surface area contributed by atoms with Gasteiger partial charge in [0.25, 0.3) is 17.5 Å². The number of non-ortho nitro benzene ring substituents is 1. The van der Waals surface area contributed by atoms with Gasteiger partial charge in [-0.3, -0.25) is 19.7 Å². The predicted molar refractivity (Wildman–Crippen MR) is 130 cm³/mol. The molecule has 170 valence electrons. The molecule has 8 nitrogen and oxygen atoms in total. The van der Waals surface area contributed by atoms with Crippen LogP contribution in [0.15, 0.2) is 83.3 Å². The number of furan rings is 1. The molecule has 0 saturated carbocycles. The van der Waals surface area contributed by atoms with E-state index in [9.17, 15) is 19.7 Å². The van der Waals surface area contributed by atoms with Crippen LogP contribution in [0.3, 0.4) is 0 Å². The number of carbonyl (C=O) groups excluding carboxylic acids is 2. The Morgan fingerprint density at radius 3 is 2.24 bits per heavy atom. The van der Waals surface area contributed by atoms with Gasteiger partial charge in [-0.2, -0.15) is 0 Å². The normalized spacial score (nSPS) is 10.5. The molecule has 0 bridgehead atoms. The maximum absolute atomic E-state index is 12.6. The summed E-state index contributed by atoms with van der Waals surface area (Å²) < 4.78 is 5.58. The molecular weight excluding hydrogens is 481 g/mol. The number of carbonyl (C=O) groups is 2. The third kappa shape index (κ3) is 5.25. The molecule has 0 radical (unpaired) electrons. The molecule has 0 saturated heterocycles. The molecule has 1 heterocycles. The van der Waals surface area contributed by atoms with E-state index >= 15 is 0 Å². The fourth-order valence-corrected chi connectivity index (χ4v) is 3.62. The molecule has 0 aliphatic rings. The van der Waals surface area contributed by atoms with Crippen molar-refractivity contribution in [3.8, 4) is 11.3 Å². The molecule has 2 amide bonds. The summed E-state index contributed by atoms with van der Waals surface area (Å²) >= 11 is 11.9. The first kappa shape index (κ1) is 23.0. The largest absolute Gasteiger partial charge is 0.451 e. The Hall–Kier alpha value is -4.14. The molecule has 0 aliphatic carbocycles. The van der Waals surface area contributed by atoms with Crippen molar-refractivity contribution in [1.82, 2.24) is 0 Å². The molecule has 0 aliphatic heterocycles. The summed E-state index contributed by atoms with van der Waals surface area (Å²) in [6.45, 7) is 0. The number of hydrogen-bond donors (Lipinski definition) is 2. The maximum Gasteiger partial charge on any atom is 0.291 e. The summed E-state index contributed by atoms with van der Waals surface area (Å²) in [4.78, 5) is 35.6. The van der Waals surface area contributed by atoms with E-state index in [1.807, 2.05) is 0 Å². The highest BCUT2D eigenvalue weighted by atomic mass is 35.5. The lowest BCUT2D eigenvalue weighted by Gasteiger charge is -2.09. The molecule has 0 fully saturated rings. The molecule has 1 aromatic heterocycles. The first-order valence-electron chi connectivity index (χ1n) is 9.82. The Labute approximate surface area is 203 Å². The van der Waals surface area contributed by atoms with Crippen LogP contribution in [-0.4, -0.2) is 16.7 Å². The van der Waals surface area contributed by atoms with Crippen molar-refractivity contribution in [2.75, 3.05) is 10.6 Å². The zero-order valence-electron chi connectivity index (χ0n) is 17.2. The van der Waals surface area contributed by atoms with E-state index in [4.69, 9.17) is 27.6 Å². The summed E-state index contributed by atoms with van der Waals surface area (Å²) in [5.41, 5.74) is 1.49. The van der Waals surface area contributed by atoms with Crippen LogP contribution in [0.4, 0.5) is 17.1 Å². The average Bonchev–Trinajstić information content (AvgIpc) is 3.30. The molecular formula is C24H15Cl2N3O5. The van der Waals surface area contributed by atoms with Crippen LogP contribution < -0.4 is 10.6 Å². The SMILES string of the molecule is O=C(Nc1cccc(NC(=O)c2ccc(Cl)cc2Cl)c1)c1ccc(-c2cccc([N+](=O)[O-])c2)o1. The number of nitro benzene ring substituents is 1. The highest BCUT2D eigenvalue weighted by Crippen LogP contribution is 2.27. The highest BCUT2D eigenvalue weighted by molar-refractivity contribution is 6.37. The van der Waals surface area contributed by atoms with Crippen LogP contribution in [0.2, 0.25) is 10.0 Å². The van der Waals surface area contributed by atoms with Crippen molar-refractivity contribution < 1.29 is 18.9 Å². The van der Waals surface area contributed by atoms with Crippen molar-refractivity contribution in [2.45, 2.75) is 0 Å². The van der Waals surface area contributed by atoms with Gasteiger partial charge >= 0.3 is 0 Å². The number of anilines is 2. The monoisotopic (exact) mass is 495 g/mol. The molecule has 4 rings (SSSR count). The van der Waals surface area contributed by atoms with Gasteiger partial charge in [0.1, 0.15) is 5.76 Å². The van der Waals surface area contributed by atoms with E-state index < -0.39 is 16.7 Å². The number of rotatable bonds is 6. The van der Waals surface area contributed by atoms with Crippen molar-refractivity contribution in [3.63, 3.8) is 0 Å². The lowest BCUT2D eigenvalue weighted by atomic mass is 10.1. The number of halogens is 2. The van der Waals surface area contributed by atoms with Crippen molar-refractivity contribution in [1.29, 1.82) is 0 Å². The lowest BCUT2D eigenvalue weighted by Crippen LogP contribution is -2.14. The van der Waals surface area contributed by atoms with Gasteiger partial charge in [-0.05, 0) is 48.5 Å². The molecule has 0 atom stereocenters. The van der Waals surface area contributed by atoms with Crippen LogP contribution in [0.1, 0.15) is 20.9 Å². The molecule has 0 unspecified atom stereocenters. The maximum atomic E-state index is 12.6. The highest BCUT2D eigenvalue weighted by Gasteiger charge is 2.16. The van der Waals surface area contributed by atoms with Gasteiger partial charge in [-0.1, -0.05) is 41.4 Å². The van der Waals surface area contributed by atoms with Gasteiger partial charge in [-0.15, -0.1) is 0 Å². The quantitative estimate of drug-likeness (QED) is 0.229. The van der Waals surface area contributed by atoms with Gasteiger partial charge in [0, 0.05) is 34.1 Å². The second-order valence-corrected chi connectivity index (χ2v) is 7.93. The number of benzene rings is 3. The minimum Gasteiger partial charge on any atom is -0.451 e. The second-order valence-electron chi connectivity index (χ2n) is 7.08. The molecule has 4 aromatic rings. The first-order valence-corrected chi connectivity index (χ1v) is 10.6. The number of nitrogens with one attached hydrogen (secondary N) is 2. The van der Waals surface area contributed by atoms with Crippen molar-refractivity contribution in [2.24, 2.45) is 0 Å². The van der Waals surface area contributed by atoms with E-state index in [0.717, 1.165) is 0 Å². The number of hydrogen-bond acceptors (Lipinski definition) is 5. The Morgan fingerprint density at radius 2 is 1.53 bits per heavy atom. The number of nitrogens with zero attached hydrogens (tertiary/aromatic N) is 1. The summed E-state index contributed by atoms with van der Waals surface area (Å²) in [5, 5.41) is 17.0. The Bertz CT molecular complexity index is 1420. The van der Waals surface area contributed by atoms with E-state index in [2.05, 4.69) is 10.6 Å². The summed E-state index contributed by atoms with van der Waals surface area (Å²) in [7, 11) is 0. The second kappa shape index (κ2) is 9.78. The third-order valence-corrected chi connectivity index (χ3v) is 5.27. The smallest absolute Gasteiger partial charge is 0.291 e. The van der Waals surface area contributed by atoms with Gasteiger partial charge in [0.2, 0.25) is 0 Å². The molecule has 0 spiro atoms. The van der Waals surface area contributed by atoms with E-state index in [1.54, 1.807) is 42.5 Å². The molecule has 3 aromatic carbocycles. The van der Waals surface area contributed by atoms with E-state index in [1.165, 1.54) is 36.4 Å². The predicted octanol–water partition coefficient (Wildman–Crippen LogP) is 6.67. The molecule has 10 heteroatoms. The van der Waals surface area contributed by atoms with Crippen molar-refractivity contribution >= 4 is 52.1 Å². The van der Waals surface area contributed by atoms with Crippen molar-refractivity contribution in [3.05, 3.63) is 110 Å². The summed E-state index contributed by atoms with van der Waals surface area (Å²) in [6.07, 6.45) is 0. The minimum absolute atomic E-state index is 0.0175. The summed E-state index contributed by atoms with van der Waals surface area (Å²) in [6, 6.07) is 20.0. The number of amides is 2. The fourth-order valence-electron chi connectivity index (χ4n) is 3.13. The van der Waals surface area contributed by atoms with Crippen LogP contribution in [0, 0.1) is 10.1 Å². The number of nitro groups is 1. The minimum atomic E-state index is -0.527.